The van der Waals surface area contributed by atoms with Crippen LogP contribution in [0.2, 0.25) is 0 Å². The number of hydrogen-bond acceptors (Lipinski definition) is 3. The zero-order chi connectivity index (χ0) is 8.55. The molecule has 58 valence electrons. The lowest BCUT2D eigenvalue weighted by molar-refractivity contribution is 0.795. The van der Waals surface area contributed by atoms with E-state index >= 15 is 0 Å². The normalized spacial score (nSPS) is 10.0. The molecule has 0 saturated carbocycles. The molecule has 2 aromatic rings. The maximum Gasteiger partial charge on any atom is 0.141 e. The molecular formula is C8H6N4. The van der Waals surface area contributed by atoms with Crippen LogP contribution in [0, 0.1) is 11.3 Å². The second kappa shape index (κ2) is 2.31. The van der Waals surface area contributed by atoms with E-state index in [1.807, 2.05) is 13.1 Å². The summed E-state index contributed by atoms with van der Waals surface area (Å²) in [6.45, 7) is 0. The van der Waals surface area contributed by atoms with E-state index in [-0.39, 0.29) is 0 Å². The maximum atomic E-state index is 8.56. The smallest absolute Gasteiger partial charge is 0.141 e. The van der Waals surface area contributed by atoms with Gasteiger partial charge in [0.25, 0.3) is 0 Å². The highest BCUT2D eigenvalue weighted by Gasteiger charge is 2.00. The molecule has 0 radical (unpaired) electrons. The fraction of sp³-hybridized carbons (Fsp3) is 0.125. The van der Waals surface area contributed by atoms with Gasteiger partial charge in [-0.3, -0.25) is 4.68 Å². The van der Waals surface area contributed by atoms with Crippen molar-refractivity contribution in [2.75, 3.05) is 0 Å². The molecule has 0 aliphatic carbocycles. The minimum absolute atomic E-state index is 0.426. The molecular weight excluding hydrogens is 152 g/mol. The molecule has 2 heterocycles. The van der Waals surface area contributed by atoms with E-state index in [0.29, 0.717) is 5.69 Å². The van der Waals surface area contributed by atoms with E-state index in [0.717, 1.165) is 10.9 Å². The predicted molar refractivity (Wildman–Crippen MR) is 43.2 cm³/mol. The molecule has 12 heavy (non-hydrogen) atoms. The van der Waals surface area contributed by atoms with E-state index in [1.165, 1.54) is 0 Å². The van der Waals surface area contributed by atoms with Crippen molar-refractivity contribution in [3.8, 4) is 6.07 Å². The fourth-order valence-electron chi connectivity index (χ4n) is 1.11. The van der Waals surface area contributed by atoms with Gasteiger partial charge in [-0.2, -0.15) is 10.4 Å². The third-order valence-corrected chi connectivity index (χ3v) is 1.75. The van der Waals surface area contributed by atoms with E-state index in [1.54, 1.807) is 23.1 Å². The van der Waals surface area contributed by atoms with Crippen molar-refractivity contribution >= 4 is 10.9 Å². The average molecular weight is 158 g/mol. The molecule has 0 bridgehead atoms. The number of rotatable bonds is 0. The van der Waals surface area contributed by atoms with Gasteiger partial charge in [0.15, 0.2) is 0 Å². The molecule has 2 aromatic heterocycles. The highest BCUT2D eigenvalue weighted by molar-refractivity contribution is 5.78. The number of hydrogen-bond donors (Lipinski definition) is 0. The first-order valence-electron chi connectivity index (χ1n) is 3.49. The molecule has 0 atom stereocenters. The molecule has 0 aliphatic rings. The second-order valence-corrected chi connectivity index (χ2v) is 2.51. The maximum absolute atomic E-state index is 8.56. The number of pyridine rings is 1. The zero-order valence-electron chi connectivity index (χ0n) is 6.52. The summed E-state index contributed by atoms with van der Waals surface area (Å²) >= 11 is 0. The second-order valence-electron chi connectivity index (χ2n) is 2.51. The number of aromatic nitrogens is 3. The first-order chi connectivity index (χ1) is 5.81. The average Bonchev–Trinajstić information content (AvgIpc) is 2.47. The molecule has 0 aliphatic heterocycles. The Morgan fingerprint density at radius 1 is 1.50 bits per heavy atom. The van der Waals surface area contributed by atoms with E-state index in [4.69, 9.17) is 5.26 Å². The quantitative estimate of drug-likeness (QED) is 0.570. The fourth-order valence-corrected chi connectivity index (χ4v) is 1.11. The van der Waals surface area contributed by atoms with Gasteiger partial charge in [0.2, 0.25) is 0 Å². The molecule has 2 rings (SSSR count). The SMILES string of the molecule is Cn1ncc2cc(C#N)ncc21. The van der Waals surface area contributed by atoms with Gasteiger partial charge in [-0.05, 0) is 6.07 Å². The summed E-state index contributed by atoms with van der Waals surface area (Å²) in [7, 11) is 1.84. The van der Waals surface area contributed by atoms with Crippen LogP contribution in [-0.2, 0) is 7.05 Å². The van der Waals surface area contributed by atoms with Gasteiger partial charge in [-0.1, -0.05) is 0 Å². The molecule has 0 saturated heterocycles. The molecule has 4 nitrogen and oxygen atoms in total. The van der Waals surface area contributed by atoms with Gasteiger partial charge in [0.1, 0.15) is 11.8 Å². The summed E-state index contributed by atoms with van der Waals surface area (Å²) in [5.41, 5.74) is 1.37. The van der Waals surface area contributed by atoms with Crippen LogP contribution in [0.3, 0.4) is 0 Å². The lowest BCUT2D eigenvalue weighted by Gasteiger charge is -1.91. The van der Waals surface area contributed by atoms with Crippen LogP contribution in [0.15, 0.2) is 18.5 Å². The van der Waals surface area contributed by atoms with Gasteiger partial charge in [0, 0.05) is 12.4 Å². The van der Waals surface area contributed by atoms with Crippen molar-refractivity contribution in [2.45, 2.75) is 0 Å². The zero-order valence-corrected chi connectivity index (χ0v) is 6.52. The Balaban J connectivity index is 2.80. The first kappa shape index (κ1) is 6.80. The Kier molecular flexibility index (Phi) is 1.31. The molecule has 0 fully saturated rings. The Labute approximate surface area is 69.1 Å². The summed E-state index contributed by atoms with van der Waals surface area (Å²) in [5, 5.41) is 13.6. The topological polar surface area (TPSA) is 54.5 Å². The van der Waals surface area contributed by atoms with Gasteiger partial charge >= 0.3 is 0 Å². The van der Waals surface area contributed by atoms with Gasteiger partial charge in [-0.15, -0.1) is 0 Å². The van der Waals surface area contributed by atoms with E-state index in [9.17, 15) is 0 Å². The van der Waals surface area contributed by atoms with E-state index in [2.05, 4.69) is 10.1 Å². The number of nitrogens with zero attached hydrogens (tertiary/aromatic N) is 4. The number of aryl methyl sites for hydroxylation is 1. The van der Waals surface area contributed by atoms with Crippen LogP contribution >= 0.6 is 0 Å². The molecule has 4 heteroatoms. The van der Waals surface area contributed by atoms with Crippen LogP contribution in [0.25, 0.3) is 10.9 Å². The van der Waals surface area contributed by atoms with Gasteiger partial charge in [-0.25, -0.2) is 4.98 Å². The third-order valence-electron chi connectivity index (χ3n) is 1.75. The van der Waals surface area contributed by atoms with Gasteiger partial charge in [0.05, 0.1) is 17.9 Å². The lowest BCUT2D eigenvalue weighted by Crippen LogP contribution is -1.89. The van der Waals surface area contributed by atoms with Crippen LogP contribution in [0.4, 0.5) is 0 Å². The first-order valence-corrected chi connectivity index (χ1v) is 3.49. The monoisotopic (exact) mass is 158 g/mol. The lowest BCUT2D eigenvalue weighted by atomic mass is 10.3. The Bertz CT molecular complexity index is 463. The molecule has 0 unspecified atom stereocenters. The van der Waals surface area contributed by atoms with Crippen molar-refractivity contribution in [1.29, 1.82) is 5.26 Å². The third kappa shape index (κ3) is 0.839. The highest BCUT2D eigenvalue weighted by atomic mass is 15.2. The number of fused-ring (bicyclic) bond motifs is 1. The number of nitriles is 1. The summed E-state index contributed by atoms with van der Waals surface area (Å²) < 4.78 is 1.73. The summed E-state index contributed by atoms with van der Waals surface area (Å²) in [6.07, 6.45) is 3.37. The highest BCUT2D eigenvalue weighted by Crippen LogP contribution is 2.11. The van der Waals surface area contributed by atoms with Crippen LogP contribution in [0.5, 0.6) is 0 Å². The summed E-state index contributed by atoms with van der Waals surface area (Å²) in [4.78, 5) is 3.94. The van der Waals surface area contributed by atoms with Crippen molar-refractivity contribution in [3.05, 3.63) is 24.2 Å². The predicted octanol–water partition coefficient (Wildman–Crippen LogP) is 0.840. The van der Waals surface area contributed by atoms with Crippen molar-refractivity contribution in [1.82, 2.24) is 14.8 Å². The molecule has 0 N–H and O–H groups in total. The molecule has 0 aromatic carbocycles. The van der Waals surface area contributed by atoms with Crippen molar-refractivity contribution in [3.63, 3.8) is 0 Å². The Morgan fingerprint density at radius 2 is 2.33 bits per heavy atom. The largest absolute Gasteiger partial charge is 0.266 e. The molecule has 0 spiro atoms. The van der Waals surface area contributed by atoms with Crippen molar-refractivity contribution in [2.24, 2.45) is 7.05 Å². The minimum Gasteiger partial charge on any atom is -0.266 e. The van der Waals surface area contributed by atoms with Crippen molar-refractivity contribution < 1.29 is 0 Å². The minimum atomic E-state index is 0.426. The summed E-state index contributed by atoms with van der Waals surface area (Å²) in [5.74, 6) is 0. The van der Waals surface area contributed by atoms with Crippen LogP contribution in [0.1, 0.15) is 5.69 Å². The molecule has 0 amide bonds. The Morgan fingerprint density at radius 3 is 3.08 bits per heavy atom. The van der Waals surface area contributed by atoms with Crippen LogP contribution in [-0.4, -0.2) is 14.8 Å². The van der Waals surface area contributed by atoms with Crippen LogP contribution < -0.4 is 0 Å². The van der Waals surface area contributed by atoms with Gasteiger partial charge < -0.3 is 0 Å². The standard InChI is InChI=1S/C8H6N4/c1-12-8-5-10-7(3-9)2-6(8)4-11-12/h2,4-5H,1H3. The van der Waals surface area contributed by atoms with E-state index < -0.39 is 0 Å². The summed E-state index contributed by atoms with van der Waals surface area (Å²) in [6, 6.07) is 3.70. The Hall–Kier alpha value is -1.89.